The monoisotopic (exact) mass is 292 g/mol. The third-order valence-corrected chi connectivity index (χ3v) is 2.75. The molecule has 0 radical (unpaired) electrons. The van der Waals surface area contributed by atoms with Crippen LogP contribution in [0.5, 0.6) is 11.6 Å². The molecule has 2 rings (SSSR count). The predicted molar refractivity (Wildman–Crippen MR) is 76.1 cm³/mol. The van der Waals surface area contributed by atoms with Gasteiger partial charge >= 0.3 is 5.97 Å². The number of anilines is 1. The molecule has 2 N–H and O–H groups in total. The predicted octanol–water partition coefficient (Wildman–Crippen LogP) is 3.29. The van der Waals surface area contributed by atoms with Gasteiger partial charge in [-0.25, -0.2) is 9.78 Å². The van der Waals surface area contributed by atoms with E-state index in [1.54, 1.807) is 37.3 Å². The number of ether oxygens (including phenoxy) is 2. The molecule has 2 aromatic rings. The third kappa shape index (κ3) is 3.19. The first-order chi connectivity index (χ1) is 9.61. The molecule has 0 saturated carbocycles. The Bertz CT molecular complexity index is 594. The standard InChI is InChI=1S/C14H13ClN2O3/c1-2-19-14(18)9-6-7-12(17-8-9)20-13-10(15)4-3-5-11(13)16/h3-8H,2,16H2,1H3. The molecule has 1 aromatic heterocycles. The normalized spacial score (nSPS) is 10.1. The van der Waals surface area contributed by atoms with Gasteiger partial charge in [0.1, 0.15) is 0 Å². The fourth-order valence-corrected chi connectivity index (χ4v) is 1.73. The lowest BCUT2D eigenvalue weighted by molar-refractivity contribution is 0.0526. The minimum Gasteiger partial charge on any atom is -0.462 e. The van der Waals surface area contributed by atoms with E-state index in [9.17, 15) is 4.79 Å². The number of para-hydroxylation sites is 1. The lowest BCUT2D eigenvalue weighted by Gasteiger charge is -2.09. The second-order valence-corrected chi connectivity index (χ2v) is 4.27. The lowest BCUT2D eigenvalue weighted by Crippen LogP contribution is -2.05. The SMILES string of the molecule is CCOC(=O)c1ccc(Oc2c(N)cccc2Cl)nc1. The van der Waals surface area contributed by atoms with Crippen molar-refractivity contribution in [2.24, 2.45) is 0 Å². The average molecular weight is 293 g/mol. The van der Waals surface area contributed by atoms with Crippen molar-refractivity contribution in [3.05, 3.63) is 47.1 Å². The summed E-state index contributed by atoms with van der Waals surface area (Å²) in [6.07, 6.45) is 1.38. The molecule has 0 bridgehead atoms. The van der Waals surface area contributed by atoms with E-state index >= 15 is 0 Å². The van der Waals surface area contributed by atoms with E-state index in [0.29, 0.717) is 28.6 Å². The summed E-state index contributed by atoms with van der Waals surface area (Å²) >= 11 is 6.00. The molecule has 5 nitrogen and oxygen atoms in total. The quantitative estimate of drug-likeness (QED) is 0.691. The number of benzene rings is 1. The van der Waals surface area contributed by atoms with E-state index in [4.69, 9.17) is 26.8 Å². The summed E-state index contributed by atoms with van der Waals surface area (Å²) in [5, 5.41) is 0.390. The second kappa shape index (κ2) is 6.25. The van der Waals surface area contributed by atoms with Gasteiger partial charge in [0.15, 0.2) is 5.75 Å². The number of pyridine rings is 1. The van der Waals surface area contributed by atoms with Gasteiger partial charge in [0.2, 0.25) is 5.88 Å². The Morgan fingerprint density at radius 3 is 2.75 bits per heavy atom. The van der Waals surface area contributed by atoms with Crippen molar-refractivity contribution < 1.29 is 14.3 Å². The van der Waals surface area contributed by atoms with E-state index in [1.807, 2.05) is 0 Å². The van der Waals surface area contributed by atoms with Crippen LogP contribution in [-0.2, 0) is 4.74 Å². The third-order valence-electron chi connectivity index (χ3n) is 2.45. The number of halogens is 1. The largest absolute Gasteiger partial charge is 0.462 e. The van der Waals surface area contributed by atoms with Crippen molar-refractivity contribution in [2.45, 2.75) is 6.92 Å². The van der Waals surface area contributed by atoms with Crippen LogP contribution in [0.25, 0.3) is 0 Å². The molecule has 0 unspecified atom stereocenters. The zero-order valence-corrected chi connectivity index (χ0v) is 11.6. The molecule has 0 aliphatic carbocycles. The van der Waals surface area contributed by atoms with Gasteiger partial charge < -0.3 is 15.2 Å². The first kappa shape index (κ1) is 14.1. The van der Waals surface area contributed by atoms with Crippen LogP contribution >= 0.6 is 11.6 Å². The van der Waals surface area contributed by atoms with Gasteiger partial charge in [-0.3, -0.25) is 0 Å². The summed E-state index contributed by atoms with van der Waals surface area (Å²) in [6, 6.07) is 8.18. The molecule has 0 fully saturated rings. The summed E-state index contributed by atoms with van der Waals surface area (Å²) in [7, 11) is 0. The van der Waals surface area contributed by atoms with E-state index in [1.165, 1.54) is 6.20 Å². The number of nitrogens with zero attached hydrogens (tertiary/aromatic N) is 1. The highest BCUT2D eigenvalue weighted by molar-refractivity contribution is 6.32. The Labute approximate surface area is 121 Å². The molecular weight excluding hydrogens is 280 g/mol. The summed E-state index contributed by atoms with van der Waals surface area (Å²) in [4.78, 5) is 15.5. The zero-order chi connectivity index (χ0) is 14.5. The maximum absolute atomic E-state index is 11.5. The van der Waals surface area contributed by atoms with Crippen LogP contribution < -0.4 is 10.5 Å². The Kier molecular flexibility index (Phi) is 4.42. The first-order valence-corrected chi connectivity index (χ1v) is 6.34. The first-order valence-electron chi connectivity index (χ1n) is 5.97. The van der Waals surface area contributed by atoms with E-state index in [-0.39, 0.29) is 5.88 Å². The maximum atomic E-state index is 11.5. The van der Waals surface area contributed by atoms with Crippen molar-refractivity contribution in [1.29, 1.82) is 0 Å². The zero-order valence-electron chi connectivity index (χ0n) is 10.8. The van der Waals surface area contributed by atoms with Crippen molar-refractivity contribution in [2.75, 3.05) is 12.3 Å². The smallest absolute Gasteiger partial charge is 0.339 e. The number of nitrogens with two attached hydrogens (primary N) is 1. The van der Waals surface area contributed by atoms with E-state index < -0.39 is 5.97 Å². The van der Waals surface area contributed by atoms with Crippen molar-refractivity contribution in [3.8, 4) is 11.6 Å². The molecule has 1 heterocycles. The number of carbonyl (C=O) groups excluding carboxylic acids is 1. The van der Waals surface area contributed by atoms with E-state index in [0.717, 1.165) is 0 Å². The minimum atomic E-state index is -0.427. The highest BCUT2D eigenvalue weighted by atomic mass is 35.5. The molecule has 1 aromatic carbocycles. The Hall–Kier alpha value is -2.27. The van der Waals surface area contributed by atoms with E-state index in [2.05, 4.69) is 4.98 Å². The van der Waals surface area contributed by atoms with Crippen LogP contribution in [0.2, 0.25) is 5.02 Å². The van der Waals surface area contributed by atoms with Crippen LogP contribution in [0.15, 0.2) is 36.5 Å². The highest BCUT2D eigenvalue weighted by Crippen LogP contribution is 2.33. The Morgan fingerprint density at radius 1 is 1.35 bits per heavy atom. The number of carbonyl (C=O) groups is 1. The van der Waals surface area contributed by atoms with Crippen LogP contribution in [0.1, 0.15) is 17.3 Å². The van der Waals surface area contributed by atoms with Crippen LogP contribution in [0, 0.1) is 0 Å². The van der Waals surface area contributed by atoms with Crippen molar-refractivity contribution >= 4 is 23.3 Å². The molecule has 20 heavy (non-hydrogen) atoms. The Morgan fingerprint density at radius 2 is 2.15 bits per heavy atom. The van der Waals surface area contributed by atoms with Gasteiger partial charge in [0.25, 0.3) is 0 Å². The van der Waals surface area contributed by atoms with Crippen molar-refractivity contribution in [1.82, 2.24) is 4.98 Å². The number of hydrogen-bond acceptors (Lipinski definition) is 5. The number of hydrogen-bond donors (Lipinski definition) is 1. The molecule has 0 saturated heterocycles. The van der Waals surface area contributed by atoms with Gasteiger partial charge in [0.05, 0.1) is 22.9 Å². The molecule has 0 aliphatic rings. The molecule has 0 aliphatic heterocycles. The summed E-state index contributed by atoms with van der Waals surface area (Å²) < 4.78 is 10.4. The number of aromatic nitrogens is 1. The fraction of sp³-hybridized carbons (Fsp3) is 0.143. The molecule has 104 valence electrons. The van der Waals surface area contributed by atoms with Gasteiger partial charge in [-0.15, -0.1) is 0 Å². The van der Waals surface area contributed by atoms with Crippen molar-refractivity contribution in [3.63, 3.8) is 0 Å². The molecule has 0 spiro atoms. The molecular formula is C14H13ClN2O3. The number of nitrogen functional groups attached to an aromatic ring is 1. The molecule has 6 heteroatoms. The number of esters is 1. The topological polar surface area (TPSA) is 74.4 Å². The molecule has 0 atom stereocenters. The summed E-state index contributed by atoms with van der Waals surface area (Å²) in [5.74, 6) is 0.201. The van der Waals surface area contributed by atoms with Gasteiger partial charge in [-0.05, 0) is 25.1 Å². The average Bonchev–Trinajstić information content (AvgIpc) is 2.44. The lowest BCUT2D eigenvalue weighted by atomic mass is 10.3. The fourth-order valence-electron chi connectivity index (χ4n) is 1.51. The summed E-state index contributed by atoms with van der Waals surface area (Å²) in [5.41, 5.74) is 6.54. The summed E-state index contributed by atoms with van der Waals surface area (Å²) in [6.45, 7) is 2.05. The van der Waals surface area contributed by atoms with Crippen LogP contribution in [-0.4, -0.2) is 17.6 Å². The van der Waals surface area contributed by atoms with Crippen LogP contribution in [0.4, 0.5) is 5.69 Å². The van der Waals surface area contributed by atoms with Gasteiger partial charge in [0, 0.05) is 12.3 Å². The number of rotatable bonds is 4. The van der Waals surface area contributed by atoms with Crippen LogP contribution in [0.3, 0.4) is 0 Å². The highest BCUT2D eigenvalue weighted by Gasteiger charge is 2.10. The molecule has 0 amide bonds. The second-order valence-electron chi connectivity index (χ2n) is 3.87. The Balaban J connectivity index is 2.17. The maximum Gasteiger partial charge on any atom is 0.339 e. The van der Waals surface area contributed by atoms with Gasteiger partial charge in [-0.2, -0.15) is 0 Å². The minimum absolute atomic E-state index is 0.290. The van der Waals surface area contributed by atoms with Gasteiger partial charge in [-0.1, -0.05) is 17.7 Å².